The van der Waals surface area contributed by atoms with Crippen LogP contribution in [0.15, 0.2) is 0 Å². The summed E-state index contributed by atoms with van der Waals surface area (Å²) < 4.78 is 31.4. The highest BCUT2D eigenvalue weighted by molar-refractivity contribution is 7.89. The normalized spacial score (nSPS) is 25.2. The summed E-state index contributed by atoms with van der Waals surface area (Å²) in [5, 5.41) is 3.41. The van der Waals surface area contributed by atoms with Crippen LogP contribution in [0.2, 0.25) is 0 Å². The zero-order chi connectivity index (χ0) is 13.4. The standard InChI is InChI=1S/C12H26N2O3S/c1-3-13-11-5-7-12(8-6-11)14-18(15,16)10-9-17-4-2/h11-14H,3-10H2,1-2H3. The average Bonchev–Trinajstić information content (AvgIpc) is 2.32. The average molecular weight is 278 g/mol. The third-order valence-electron chi connectivity index (χ3n) is 3.27. The van der Waals surface area contributed by atoms with E-state index < -0.39 is 10.0 Å². The molecule has 1 rings (SSSR count). The van der Waals surface area contributed by atoms with Gasteiger partial charge in [0.1, 0.15) is 0 Å². The summed E-state index contributed by atoms with van der Waals surface area (Å²) in [6.45, 7) is 5.78. The Morgan fingerprint density at radius 2 is 1.72 bits per heavy atom. The minimum atomic E-state index is -3.18. The highest BCUT2D eigenvalue weighted by Gasteiger charge is 2.24. The Balaban J connectivity index is 2.27. The van der Waals surface area contributed by atoms with Gasteiger partial charge in [-0.2, -0.15) is 0 Å². The summed E-state index contributed by atoms with van der Waals surface area (Å²) in [5.74, 6) is 0.0635. The summed E-state index contributed by atoms with van der Waals surface area (Å²) >= 11 is 0. The second-order valence-corrected chi connectivity index (χ2v) is 6.61. The number of sulfonamides is 1. The van der Waals surface area contributed by atoms with Crippen LogP contribution in [0.25, 0.3) is 0 Å². The smallest absolute Gasteiger partial charge is 0.214 e. The van der Waals surface area contributed by atoms with Gasteiger partial charge in [-0.05, 0) is 39.2 Å². The van der Waals surface area contributed by atoms with Gasteiger partial charge in [0.2, 0.25) is 10.0 Å². The summed E-state index contributed by atoms with van der Waals surface area (Å²) in [4.78, 5) is 0. The molecular formula is C12H26N2O3S. The molecule has 0 bridgehead atoms. The van der Waals surface area contributed by atoms with E-state index in [-0.39, 0.29) is 18.4 Å². The molecule has 2 N–H and O–H groups in total. The number of hydrogen-bond acceptors (Lipinski definition) is 4. The molecule has 0 spiro atoms. The molecule has 5 nitrogen and oxygen atoms in total. The lowest BCUT2D eigenvalue weighted by atomic mass is 9.92. The van der Waals surface area contributed by atoms with Crippen LogP contribution in [-0.2, 0) is 14.8 Å². The first-order chi connectivity index (χ1) is 8.57. The molecule has 0 aromatic rings. The SMILES string of the molecule is CCNC1CCC(NS(=O)(=O)CCOCC)CC1. The minimum Gasteiger partial charge on any atom is -0.381 e. The van der Waals surface area contributed by atoms with Crippen molar-refractivity contribution in [3.05, 3.63) is 0 Å². The van der Waals surface area contributed by atoms with Gasteiger partial charge in [-0.15, -0.1) is 0 Å². The molecule has 0 amide bonds. The molecule has 1 aliphatic rings. The molecule has 0 saturated heterocycles. The monoisotopic (exact) mass is 278 g/mol. The first kappa shape index (κ1) is 15.9. The Morgan fingerprint density at radius 3 is 2.28 bits per heavy atom. The number of nitrogens with one attached hydrogen (secondary N) is 2. The van der Waals surface area contributed by atoms with E-state index in [9.17, 15) is 8.42 Å². The van der Waals surface area contributed by atoms with Crippen molar-refractivity contribution in [2.75, 3.05) is 25.5 Å². The van der Waals surface area contributed by atoms with Crippen molar-refractivity contribution in [3.8, 4) is 0 Å². The second-order valence-electron chi connectivity index (χ2n) is 4.74. The van der Waals surface area contributed by atoms with Crippen molar-refractivity contribution in [1.29, 1.82) is 0 Å². The van der Waals surface area contributed by atoms with Gasteiger partial charge >= 0.3 is 0 Å². The van der Waals surface area contributed by atoms with E-state index >= 15 is 0 Å². The van der Waals surface area contributed by atoms with Crippen LogP contribution in [0.4, 0.5) is 0 Å². The molecule has 108 valence electrons. The molecule has 0 atom stereocenters. The zero-order valence-corrected chi connectivity index (χ0v) is 12.3. The predicted octanol–water partition coefficient (Wildman–Crippen LogP) is 0.863. The van der Waals surface area contributed by atoms with Gasteiger partial charge in [-0.1, -0.05) is 6.92 Å². The largest absolute Gasteiger partial charge is 0.381 e. The van der Waals surface area contributed by atoms with Crippen LogP contribution in [0.1, 0.15) is 39.5 Å². The molecule has 0 unspecified atom stereocenters. The van der Waals surface area contributed by atoms with E-state index in [1.54, 1.807) is 0 Å². The lowest BCUT2D eigenvalue weighted by Crippen LogP contribution is -2.43. The Labute approximate surface area is 111 Å². The molecule has 1 saturated carbocycles. The predicted molar refractivity (Wildman–Crippen MR) is 73.1 cm³/mol. The van der Waals surface area contributed by atoms with Crippen molar-refractivity contribution in [3.63, 3.8) is 0 Å². The van der Waals surface area contributed by atoms with Crippen LogP contribution >= 0.6 is 0 Å². The topological polar surface area (TPSA) is 67.4 Å². The van der Waals surface area contributed by atoms with Crippen molar-refractivity contribution < 1.29 is 13.2 Å². The van der Waals surface area contributed by atoms with Crippen LogP contribution in [0, 0.1) is 0 Å². The van der Waals surface area contributed by atoms with E-state index in [4.69, 9.17) is 4.74 Å². The van der Waals surface area contributed by atoms with E-state index in [2.05, 4.69) is 17.0 Å². The van der Waals surface area contributed by atoms with Gasteiger partial charge in [0.15, 0.2) is 0 Å². The molecule has 6 heteroatoms. The lowest BCUT2D eigenvalue weighted by molar-refractivity contribution is 0.163. The highest BCUT2D eigenvalue weighted by Crippen LogP contribution is 2.19. The maximum Gasteiger partial charge on any atom is 0.214 e. The molecule has 0 aromatic heterocycles. The van der Waals surface area contributed by atoms with Gasteiger partial charge in [-0.25, -0.2) is 13.1 Å². The van der Waals surface area contributed by atoms with E-state index in [0.717, 1.165) is 32.2 Å². The number of ether oxygens (including phenoxy) is 1. The Morgan fingerprint density at radius 1 is 1.11 bits per heavy atom. The van der Waals surface area contributed by atoms with Gasteiger partial charge in [0, 0.05) is 18.7 Å². The Kier molecular flexibility index (Phi) is 7.14. The van der Waals surface area contributed by atoms with Crippen LogP contribution in [-0.4, -0.2) is 46.0 Å². The van der Waals surface area contributed by atoms with Gasteiger partial charge < -0.3 is 10.1 Å². The molecule has 0 aromatic carbocycles. The van der Waals surface area contributed by atoms with Gasteiger partial charge in [-0.3, -0.25) is 0 Å². The quantitative estimate of drug-likeness (QED) is 0.646. The molecular weight excluding hydrogens is 252 g/mol. The van der Waals surface area contributed by atoms with Crippen LogP contribution in [0.3, 0.4) is 0 Å². The first-order valence-corrected chi connectivity index (χ1v) is 8.53. The second kappa shape index (κ2) is 8.09. The minimum absolute atomic E-state index is 0.0635. The lowest BCUT2D eigenvalue weighted by Gasteiger charge is -2.29. The van der Waals surface area contributed by atoms with Crippen molar-refractivity contribution >= 4 is 10.0 Å². The van der Waals surface area contributed by atoms with Crippen LogP contribution in [0.5, 0.6) is 0 Å². The van der Waals surface area contributed by atoms with Crippen molar-refractivity contribution in [2.45, 2.75) is 51.6 Å². The van der Waals surface area contributed by atoms with Crippen LogP contribution < -0.4 is 10.0 Å². The highest BCUT2D eigenvalue weighted by atomic mass is 32.2. The maximum atomic E-state index is 11.8. The zero-order valence-electron chi connectivity index (χ0n) is 11.4. The van der Waals surface area contributed by atoms with E-state index in [1.807, 2.05) is 6.92 Å². The number of rotatable bonds is 8. The molecule has 1 fully saturated rings. The Hall–Kier alpha value is -0.170. The third-order valence-corrected chi connectivity index (χ3v) is 4.66. The molecule has 0 radical (unpaired) electrons. The van der Waals surface area contributed by atoms with Crippen molar-refractivity contribution in [2.24, 2.45) is 0 Å². The summed E-state index contributed by atoms with van der Waals surface area (Å²) in [6, 6.07) is 0.658. The maximum absolute atomic E-state index is 11.8. The summed E-state index contributed by atoms with van der Waals surface area (Å²) in [6.07, 6.45) is 3.94. The fourth-order valence-corrected chi connectivity index (χ4v) is 3.53. The summed E-state index contributed by atoms with van der Waals surface area (Å²) in [7, 11) is -3.18. The third kappa shape index (κ3) is 6.13. The van der Waals surface area contributed by atoms with Gasteiger partial charge in [0.05, 0.1) is 12.4 Å². The van der Waals surface area contributed by atoms with E-state index in [0.29, 0.717) is 12.6 Å². The molecule has 0 aliphatic heterocycles. The van der Waals surface area contributed by atoms with Gasteiger partial charge in [0.25, 0.3) is 0 Å². The van der Waals surface area contributed by atoms with Crippen molar-refractivity contribution in [1.82, 2.24) is 10.0 Å². The molecule has 1 aliphatic carbocycles. The summed E-state index contributed by atoms with van der Waals surface area (Å²) in [5.41, 5.74) is 0. The first-order valence-electron chi connectivity index (χ1n) is 6.88. The Bertz CT molecular complexity index is 311. The number of hydrogen-bond donors (Lipinski definition) is 2. The molecule has 18 heavy (non-hydrogen) atoms. The fourth-order valence-electron chi connectivity index (χ4n) is 2.33. The molecule has 0 heterocycles. The fraction of sp³-hybridized carbons (Fsp3) is 1.00. The van der Waals surface area contributed by atoms with E-state index in [1.165, 1.54) is 0 Å².